The van der Waals surface area contributed by atoms with Crippen LogP contribution in [0.1, 0.15) is 33.1 Å². The molecule has 1 aromatic carbocycles. The van der Waals surface area contributed by atoms with E-state index in [0.29, 0.717) is 5.92 Å². The lowest BCUT2D eigenvalue weighted by atomic mass is 10.1. The maximum Gasteiger partial charge on any atom is 0.225 e. The van der Waals surface area contributed by atoms with Gasteiger partial charge in [0.2, 0.25) is 5.95 Å². The average Bonchev–Trinajstić information content (AvgIpc) is 3.10. The second-order valence-electron chi connectivity index (χ2n) is 6.60. The molecule has 1 aliphatic heterocycles. The third kappa shape index (κ3) is 4.21. The van der Waals surface area contributed by atoms with E-state index in [-0.39, 0.29) is 0 Å². The lowest BCUT2D eigenvalue weighted by Gasteiger charge is -2.18. The first-order valence-corrected chi connectivity index (χ1v) is 8.66. The fourth-order valence-electron chi connectivity index (χ4n) is 2.85. The molecule has 1 fully saturated rings. The summed E-state index contributed by atoms with van der Waals surface area (Å²) in [5.41, 5.74) is 2.14. The van der Waals surface area contributed by atoms with Gasteiger partial charge in [0.25, 0.3) is 0 Å². The number of nitrogens with one attached hydrogen (secondary N) is 1. The van der Waals surface area contributed by atoms with Crippen LogP contribution in [0.5, 0.6) is 0 Å². The van der Waals surface area contributed by atoms with Crippen molar-refractivity contribution in [3.63, 3.8) is 0 Å². The fourth-order valence-corrected chi connectivity index (χ4v) is 2.85. The molecule has 23 heavy (non-hydrogen) atoms. The number of nitrogens with zero attached hydrogens (tertiary/aromatic N) is 3. The fraction of sp³-hybridized carbons (Fsp3) is 0.474. The minimum atomic E-state index is 0.679. The summed E-state index contributed by atoms with van der Waals surface area (Å²) < 4.78 is 0. The molecule has 0 bridgehead atoms. The van der Waals surface area contributed by atoms with Crippen LogP contribution in [0.4, 0.5) is 11.8 Å². The first-order chi connectivity index (χ1) is 11.2. The van der Waals surface area contributed by atoms with Gasteiger partial charge in [0, 0.05) is 31.3 Å². The number of rotatable bonds is 6. The van der Waals surface area contributed by atoms with Crippen LogP contribution in [0, 0.1) is 5.92 Å². The van der Waals surface area contributed by atoms with Crippen LogP contribution in [0.2, 0.25) is 0 Å². The van der Waals surface area contributed by atoms with Crippen molar-refractivity contribution < 1.29 is 0 Å². The molecule has 0 amide bonds. The highest BCUT2D eigenvalue weighted by Crippen LogP contribution is 2.25. The summed E-state index contributed by atoms with van der Waals surface area (Å²) in [6.07, 6.45) is 3.62. The predicted molar refractivity (Wildman–Crippen MR) is 96.9 cm³/mol. The third-order valence-electron chi connectivity index (χ3n) is 4.22. The van der Waals surface area contributed by atoms with Gasteiger partial charge in [-0.2, -0.15) is 4.98 Å². The quantitative estimate of drug-likeness (QED) is 0.868. The molecule has 0 saturated carbocycles. The van der Waals surface area contributed by atoms with Crippen molar-refractivity contribution in [2.24, 2.45) is 5.92 Å². The van der Waals surface area contributed by atoms with E-state index in [0.717, 1.165) is 49.1 Å². The zero-order valence-corrected chi connectivity index (χ0v) is 14.1. The summed E-state index contributed by atoms with van der Waals surface area (Å²) >= 11 is 0. The van der Waals surface area contributed by atoms with Gasteiger partial charge in [-0.25, -0.2) is 4.98 Å². The monoisotopic (exact) mass is 310 g/mol. The Morgan fingerprint density at radius 2 is 1.83 bits per heavy atom. The highest BCUT2D eigenvalue weighted by atomic mass is 15.2. The highest BCUT2D eigenvalue weighted by Gasteiger charge is 2.16. The molecule has 0 radical (unpaired) electrons. The van der Waals surface area contributed by atoms with Crippen LogP contribution in [0.25, 0.3) is 11.3 Å². The standard InChI is InChI=1S/C19H26N4/c1-15(2)10-11-20-19-21-17(16-8-4-3-5-9-16)14-18(22-19)23-12-6-7-13-23/h3-5,8-9,14-15H,6-7,10-13H2,1-2H3,(H,20,21,22). The topological polar surface area (TPSA) is 41.1 Å². The minimum absolute atomic E-state index is 0.679. The molecule has 122 valence electrons. The van der Waals surface area contributed by atoms with E-state index in [4.69, 9.17) is 9.97 Å². The molecular weight excluding hydrogens is 284 g/mol. The first kappa shape index (κ1) is 15.8. The molecule has 0 aliphatic carbocycles. The van der Waals surface area contributed by atoms with Crippen molar-refractivity contribution in [2.45, 2.75) is 33.1 Å². The van der Waals surface area contributed by atoms with Gasteiger partial charge < -0.3 is 10.2 Å². The lowest BCUT2D eigenvalue weighted by molar-refractivity contribution is 0.606. The first-order valence-electron chi connectivity index (χ1n) is 8.66. The van der Waals surface area contributed by atoms with Crippen molar-refractivity contribution in [1.82, 2.24) is 9.97 Å². The summed E-state index contributed by atoms with van der Waals surface area (Å²) in [5, 5.41) is 3.40. The SMILES string of the molecule is CC(C)CCNc1nc(-c2ccccc2)cc(N2CCCC2)n1. The molecular formula is C19H26N4. The van der Waals surface area contributed by atoms with Crippen molar-refractivity contribution in [3.8, 4) is 11.3 Å². The molecule has 1 aromatic heterocycles. The molecule has 1 saturated heterocycles. The van der Waals surface area contributed by atoms with Gasteiger partial charge >= 0.3 is 0 Å². The van der Waals surface area contributed by atoms with Gasteiger partial charge in [-0.1, -0.05) is 44.2 Å². The molecule has 0 atom stereocenters. The van der Waals surface area contributed by atoms with Crippen molar-refractivity contribution in [3.05, 3.63) is 36.4 Å². The van der Waals surface area contributed by atoms with Crippen LogP contribution in [-0.2, 0) is 0 Å². The second-order valence-corrected chi connectivity index (χ2v) is 6.60. The Kier molecular flexibility index (Phi) is 5.11. The molecule has 3 rings (SSSR count). The Labute approximate surface area is 139 Å². The van der Waals surface area contributed by atoms with E-state index in [2.05, 4.69) is 54.4 Å². The number of hydrogen-bond donors (Lipinski definition) is 1. The molecule has 2 aromatic rings. The molecule has 1 aliphatic rings. The van der Waals surface area contributed by atoms with Crippen LogP contribution in [0.15, 0.2) is 36.4 Å². The van der Waals surface area contributed by atoms with Gasteiger partial charge in [0.15, 0.2) is 0 Å². The smallest absolute Gasteiger partial charge is 0.225 e. The Balaban J connectivity index is 1.87. The molecule has 4 nitrogen and oxygen atoms in total. The van der Waals surface area contributed by atoms with E-state index in [1.54, 1.807) is 0 Å². The van der Waals surface area contributed by atoms with Crippen LogP contribution >= 0.6 is 0 Å². The number of anilines is 2. The lowest BCUT2D eigenvalue weighted by Crippen LogP contribution is -2.20. The Morgan fingerprint density at radius 1 is 1.09 bits per heavy atom. The molecule has 1 N–H and O–H groups in total. The summed E-state index contributed by atoms with van der Waals surface area (Å²) in [6, 6.07) is 12.5. The summed E-state index contributed by atoms with van der Waals surface area (Å²) in [7, 11) is 0. The van der Waals surface area contributed by atoms with E-state index < -0.39 is 0 Å². The van der Waals surface area contributed by atoms with Crippen LogP contribution in [0.3, 0.4) is 0 Å². The van der Waals surface area contributed by atoms with Crippen LogP contribution < -0.4 is 10.2 Å². The maximum absolute atomic E-state index is 4.74. The Morgan fingerprint density at radius 3 is 2.52 bits per heavy atom. The Hall–Kier alpha value is -2.10. The van der Waals surface area contributed by atoms with Gasteiger partial charge in [-0.3, -0.25) is 0 Å². The number of aromatic nitrogens is 2. The van der Waals surface area contributed by atoms with Gasteiger partial charge in [0.1, 0.15) is 5.82 Å². The van der Waals surface area contributed by atoms with Crippen molar-refractivity contribution >= 4 is 11.8 Å². The Bertz CT molecular complexity index is 619. The molecule has 2 heterocycles. The zero-order chi connectivity index (χ0) is 16.1. The highest BCUT2D eigenvalue weighted by molar-refractivity contribution is 5.64. The van der Waals surface area contributed by atoms with Crippen molar-refractivity contribution in [1.29, 1.82) is 0 Å². The largest absolute Gasteiger partial charge is 0.356 e. The molecule has 0 spiro atoms. The normalized spacial score (nSPS) is 14.5. The average molecular weight is 310 g/mol. The minimum Gasteiger partial charge on any atom is -0.356 e. The second kappa shape index (κ2) is 7.44. The zero-order valence-electron chi connectivity index (χ0n) is 14.1. The van der Waals surface area contributed by atoms with Crippen molar-refractivity contribution in [2.75, 3.05) is 29.9 Å². The van der Waals surface area contributed by atoms with E-state index in [1.165, 1.54) is 12.8 Å². The molecule has 0 unspecified atom stereocenters. The summed E-state index contributed by atoms with van der Waals surface area (Å²) in [4.78, 5) is 11.8. The summed E-state index contributed by atoms with van der Waals surface area (Å²) in [5.74, 6) is 2.47. The summed E-state index contributed by atoms with van der Waals surface area (Å²) in [6.45, 7) is 7.57. The van der Waals surface area contributed by atoms with Crippen LogP contribution in [-0.4, -0.2) is 29.6 Å². The number of hydrogen-bond acceptors (Lipinski definition) is 4. The van der Waals surface area contributed by atoms with E-state index in [1.807, 2.05) is 6.07 Å². The van der Waals surface area contributed by atoms with E-state index in [9.17, 15) is 0 Å². The number of benzene rings is 1. The van der Waals surface area contributed by atoms with Gasteiger partial charge in [-0.05, 0) is 25.2 Å². The van der Waals surface area contributed by atoms with Gasteiger partial charge in [0.05, 0.1) is 5.69 Å². The van der Waals surface area contributed by atoms with Gasteiger partial charge in [-0.15, -0.1) is 0 Å². The third-order valence-corrected chi connectivity index (χ3v) is 4.22. The maximum atomic E-state index is 4.74. The predicted octanol–water partition coefficient (Wildman–Crippen LogP) is 4.20. The molecule has 4 heteroatoms. The van der Waals surface area contributed by atoms with E-state index >= 15 is 0 Å².